The van der Waals surface area contributed by atoms with Gasteiger partial charge in [-0.15, -0.1) is 0 Å². The Morgan fingerprint density at radius 2 is 2.04 bits per heavy atom. The largest absolute Gasteiger partial charge is 0.469 e. The number of carbonyl (C=O) groups is 3. The zero-order chi connectivity index (χ0) is 17.8. The lowest BCUT2D eigenvalue weighted by Crippen LogP contribution is -2.57. The summed E-state index contributed by atoms with van der Waals surface area (Å²) in [6, 6.07) is 0. The van der Waals surface area contributed by atoms with E-state index in [2.05, 4.69) is 22.6 Å². The number of rotatable bonds is 1. The highest BCUT2D eigenvalue weighted by atomic mass is 127. The van der Waals surface area contributed by atoms with Crippen molar-refractivity contribution in [3.8, 4) is 0 Å². The van der Waals surface area contributed by atoms with E-state index < -0.39 is 22.3 Å². The van der Waals surface area contributed by atoms with Crippen LogP contribution in [0.25, 0.3) is 0 Å². The summed E-state index contributed by atoms with van der Waals surface area (Å²) in [6.07, 6.45) is 5.37. The van der Waals surface area contributed by atoms with Crippen LogP contribution < -0.4 is 0 Å². The van der Waals surface area contributed by atoms with Crippen molar-refractivity contribution in [1.29, 1.82) is 0 Å². The Kier molecular flexibility index (Phi) is 3.04. The van der Waals surface area contributed by atoms with Crippen molar-refractivity contribution in [2.24, 2.45) is 28.6 Å². The van der Waals surface area contributed by atoms with Gasteiger partial charge in [-0.25, -0.2) is 0 Å². The quantitative estimate of drug-likeness (QED) is 0.344. The van der Waals surface area contributed by atoms with Gasteiger partial charge in [0.1, 0.15) is 11.4 Å². The monoisotopic (exact) mass is 458 g/mol. The molecule has 0 aromatic heterocycles. The molecule has 5 aliphatic rings. The van der Waals surface area contributed by atoms with Gasteiger partial charge in [0.2, 0.25) is 0 Å². The molecule has 0 unspecified atom stereocenters. The van der Waals surface area contributed by atoms with Crippen LogP contribution in [-0.2, 0) is 23.9 Å². The molecular formula is C19H23IO5. The van der Waals surface area contributed by atoms with Gasteiger partial charge >= 0.3 is 11.9 Å². The second-order valence-electron chi connectivity index (χ2n) is 9.07. The first-order valence-electron chi connectivity index (χ1n) is 9.29. The third-order valence-electron chi connectivity index (χ3n) is 8.41. The number of Topliss-reactive ketones (excluding diaryl/α,β-unsaturated/α-hetero) is 1. The van der Waals surface area contributed by atoms with Gasteiger partial charge in [-0.3, -0.25) is 14.4 Å². The lowest BCUT2D eigenvalue weighted by molar-refractivity contribution is -0.158. The van der Waals surface area contributed by atoms with Gasteiger partial charge in [0, 0.05) is 23.7 Å². The van der Waals surface area contributed by atoms with Crippen LogP contribution in [0.4, 0.5) is 0 Å². The highest BCUT2D eigenvalue weighted by Gasteiger charge is 2.87. The molecule has 1 spiro atoms. The SMILES string of the molecule is COC(=O)[C@H]1[C@@H]2[C@@]3(C)CCC[C@@]2(OC3=O)[C@]2(I)CC[C@@H]3C[C@]12CC3=O. The van der Waals surface area contributed by atoms with E-state index in [4.69, 9.17) is 9.47 Å². The van der Waals surface area contributed by atoms with E-state index in [0.29, 0.717) is 6.42 Å². The molecule has 0 aromatic carbocycles. The molecule has 1 aliphatic heterocycles. The third kappa shape index (κ3) is 1.49. The molecular weight excluding hydrogens is 435 g/mol. The number of esters is 2. The number of hydrogen-bond donors (Lipinski definition) is 0. The van der Waals surface area contributed by atoms with Crippen molar-refractivity contribution < 1.29 is 23.9 Å². The molecule has 5 nitrogen and oxygen atoms in total. The fraction of sp³-hybridized carbons (Fsp3) is 0.842. The molecule has 136 valence electrons. The number of fused-ring (bicyclic) bond motifs is 1. The summed E-state index contributed by atoms with van der Waals surface area (Å²) >= 11 is 2.49. The molecule has 0 aromatic rings. The fourth-order valence-corrected chi connectivity index (χ4v) is 9.30. The van der Waals surface area contributed by atoms with Crippen LogP contribution in [0.1, 0.15) is 51.9 Å². The van der Waals surface area contributed by atoms with Crippen molar-refractivity contribution in [2.75, 3.05) is 7.11 Å². The summed E-state index contributed by atoms with van der Waals surface area (Å²) in [5, 5.41) is 0. The van der Waals surface area contributed by atoms with E-state index in [-0.39, 0.29) is 33.0 Å². The first kappa shape index (κ1) is 16.5. The molecule has 1 heterocycles. The number of halogens is 1. The predicted octanol–water partition coefficient (Wildman–Crippen LogP) is 2.82. The van der Waals surface area contributed by atoms with Crippen LogP contribution in [0.2, 0.25) is 0 Å². The average Bonchev–Trinajstić information content (AvgIpc) is 3.01. The summed E-state index contributed by atoms with van der Waals surface area (Å²) in [7, 11) is 1.42. The highest BCUT2D eigenvalue weighted by molar-refractivity contribution is 14.1. The van der Waals surface area contributed by atoms with Gasteiger partial charge in [0.05, 0.1) is 21.9 Å². The fourth-order valence-electron chi connectivity index (χ4n) is 7.52. The Morgan fingerprint density at radius 1 is 1.28 bits per heavy atom. The molecule has 4 aliphatic carbocycles. The van der Waals surface area contributed by atoms with Crippen LogP contribution in [0.5, 0.6) is 0 Å². The minimum absolute atomic E-state index is 0.0636. The first-order valence-corrected chi connectivity index (χ1v) is 10.4. The van der Waals surface area contributed by atoms with Crippen LogP contribution >= 0.6 is 22.6 Å². The zero-order valence-electron chi connectivity index (χ0n) is 14.6. The van der Waals surface area contributed by atoms with Crippen molar-refractivity contribution in [1.82, 2.24) is 0 Å². The number of ketones is 1. The Morgan fingerprint density at radius 3 is 2.76 bits per heavy atom. The standard InChI is InChI=1S/C19H23IO5/c1-16-5-3-6-18(25-15(16)23)13(16)12(14(22)24-2)17-8-10(11(21)9-17)4-7-19(17,18)20/h10,12-13H,3-9H2,1-2H3/t10-,12-,13-,16-,17+,18+,19+/m1/s1. The van der Waals surface area contributed by atoms with Crippen molar-refractivity contribution in [3.63, 3.8) is 0 Å². The van der Waals surface area contributed by atoms with Gasteiger partial charge < -0.3 is 9.47 Å². The summed E-state index contributed by atoms with van der Waals surface area (Å²) in [6.45, 7) is 1.97. The Labute approximate surface area is 160 Å². The van der Waals surface area contributed by atoms with E-state index in [9.17, 15) is 14.4 Å². The molecule has 25 heavy (non-hydrogen) atoms. The Hall–Kier alpha value is -0.660. The maximum absolute atomic E-state index is 13.0. The number of methoxy groups -OCH3 is 1. The number of carbonyl (C=O) groups excluding carboxylic acids is 3. The minimum atomic E-state index is -0.636. The van der Waals surface area contributed by atoms with E-state index in [0.717, 1.165) is 38.5 Å². The summed E-state index contributed by atoms with van der Waals surface area (Å²) in [4.78, 5) is 38.6. The Balaban J connectivity index is 1.79. The molecule has 0 radical (unpaired) electrons. The van der Waals surface area contributed by atoms with E-state index in [1.165, 1.54) is 7.11 Å². The lowest BCUT2D eigenvalue weighted by atomic mass is 9.60. The molecule has 4 bridgehead atoms. The van der Waals surface area contributed by atoms with Crippen molar-refractivity contribution in [3.05, 3.63) is 0 Å². The normalized spacial score (nSPS) is 55.6. The van der Waals surface area contributed by atoms with Crippen molar-refractivity contribution >= 4 is 40.3 Å². The minimum Gasteiger partial charge on any atom is -0.469 e. The maximum atomic E-state index is 13.0. The second-order valence-corrected chi connectivity index (χ2v) is 10.9. The smallest absolute Gasteiger partial charge is 0.312 e. The summed E-state index contributed by atoms with van der Waals surface area (Å²) in [5.41, 5.74) is -1.67. The van der Waals surface area contributed by atoms with E-state index >= 15 is 0 Å². The molecule has 7 atom stereocenters. The number of alkyl halides is 1. The second kappa shape index (κ2) is 4.60. The number of hydrogen-bond acceptors (Lipinski definition) is 5. The van der Waals surface area contributed by atoms with Gasteiger partial charge in [-0.1, -0.05) is 22.6 Å². The van der Waals surface area contributed by atoms with Gasteiger partial charge in [-0.05, 0) is 45.4 Å². The first-order chi connectivity index (χ1) is 11.8. The van der Waals surface area contributed by atoms with E-state index in [1.54, 1.807) is 0 Å². The Bertz CT molecular complexity index is 721. The number of ether oxygens (including phenoxy) is 2. The predicted molar refractivity (Wildman–Crippen MR) is 95.9 cm³/mol. The lowest BCUT2D eigenvalue weighted by Gasteiger charge is -2.51. The van der Waals surface area contributed by atoms with Gasteiger partial charge in [-0.2, -0.15) is 0 Å². The average molecular weight is 458 g/mol. The summed E-state index contributed by atoms with van der Waals surface area (Å²) < 4.78 is 11.1. The third-order valence-corrected chi connectivity index (χ3v) is 10.9. The highest BCUT2D eigenvalue weighted by Crippen LogP contribution is 2.81. The molecule has 0 amide bonds. The molecule has 6 heteroatoms. The topological polar surface area (TPSA) is 69.7 Å². The molecule has 1 saturated heterocycles. The molecule has 0 N–H and O–H groups in total. The van der Waals surface area contributed by atoms with Gasteiger partial charge in [0.25, 0.3) is 0 Å². The van der Waals surface area contributed by atoms with Crippen LogP contribution in [0, 0.1) is 28.6 Å². The van der Waals surface area contributed by atoms with Crippen LogP contribution in [0.3, 0.4) is 0 Å². The van der Waals surface area contributed by atoms with Crippen molar-refractivity contribution in [2.45, 2.75) is 60.9 Å². The molecule has 5 fully saturated rings. The zero-order valence-corrected chi connectivity index (χ0v) is 16.8. The molecule has 5 rings (SSSR count). The maximum Gasteiger partial charge on any atom is 0.312 e. The van der Waals surface area contributed by atoms with Crippen LogP contribution in [0.15, 0.2) is 0 Å². The van der Waals surface area contributed by atoms with Gasteiger partial charge in [0.15, 0.2) is 0 Å². The van der Waals surface area contributed by atoms with Crippen LogP contribution in [-0.4, -0.2) is 33.9 Å². The molecule has 4 saturated carbocycles. The summed E-state index contributed by atoms with van der Waals surface area (Å²) in [5.74, 6) is -0.643. The van der Waals surface area contributed by atoms with E-state index in [1.807, 2.05) is 6.92 Å².